The molecule has 2 heterocycles. The Morgan fingerprint density at radius 1 is 1.17 bits per heavy atom. The summed E-state index contributed by atoms with van der Waals surface area (Å²) in [4.78, 5) is 5.07. The molecule has 0 saturated heterocycles. The number of aromatic nitrogens is 1. The van der Waals surface area contributed by atoms with Crippen molar-refractivity contribution in [1.29, 1.82) is 0 Å². The molecule has 1 aromatic carbocycles. The standard InChI is InChI=1S/C17H16ClNO2S2/c1-2-3-11-23(20,21)17-15(12-6-8-13(18)9-7-12)14-5-4-10-19-16(14)22-17/h4-10H,2-3,11H2,1H3. The highest BCUT2D eigenvalue weighted by atomic mass is 35.5. The van der Waals surface area contributed by atoms with Crippen LogP contribution in [0.4, 0.5) is 0 Å². The summed E-state index contributed by atoms with van der Waals surface area (Å²) in [6.07, 6.45) is 3.19. The van der Waals surface area contributed by atoms with Gasteiger partial charge in [-0.05, 0) is 36.2 Å². The van der Waals surface area contributed by atoms with E-state index in [1.54, 1.807) is 18.3 Å². The number of benzene rings is 1. The Labute approximate surface area is 144 Å². The van der Waals surface area contributed by atoms with Gasteiger partial charge in [0, 0.05) is 22.2 Å². The fraction of sp³-hybridized carbons (Fsp3) is 0.235. The van der Waals surface area contributed by atoms with Crippen LogP contribution < -0.4 is 0 Å². The van der Waals surface area contributed by atoms with Crippen LogP contribution in [0.1, 0.15) is 19.8 Å². The molecule has 0 aliphatic rings. The molecule has 0 bridgehead atoms. The average molecular weight is 366 g/mol. The third-order valence-electron chi connectivity index (χ3n) is 3.62. The van der Waals surface area contributed by atoms with Crippen molar-refractivity contribution in [3.8, 4) is 11.1 Å². The van der Waals surface area contributed by atoms with Crippen molar-refractivity contribution in [3.63, 3.8) is 0 Å². The molecule has 3 nitrogen and oxygen atoms in total. The van der Waals surface area contributed by atoms with Gasteiger partial charge in [0.2, 0.25) is 0 Å². The van der Waals surface area contributed by atoms with Crippen molar-refractivity contribution >= 4 is 43.0 Å². The Morgan fingerprint density at radius 3 is 2.61 bits per heavy atom. The Kier molecular flexibility index (Phi) is 4.71. The van der Waals surface area contributed by atoms with Gasteiger partial charge in [-0.15, -0.1) is 11.3 Å². The molecule has 6 heteroatoms. The summed E-state index contributed by atoms with van der Waals surface area (Å²) in [5, 5.41) is 1.50. The van der Waals surface area contributed by atoms with Gasteiger partial charge in [-0.1, -0.05) is 37.1 Å². The van der Waals surface area contributed by atoms with Crippen molar-refractivity contribution < 1.29 is 8.42 Å². The van der Waals surface area contributed by atoms with Gasteiger partial charge in [-0.3, -0.25) is 0 Å². The zero-order valence-electron chi connectivity index (χ0n) is 12.6. The van der Waals surface area contributed by atoms with E-state index in [1.807, 2.05) is 31.2 Å². The van der Waals surface area contributed by atoms with Crippen LogP contribution in [-0.4, -0.2) is 19.2 Å². The zero-order valence-corrected chi connectivity index (χ0v) is 15.0. The highest BCUT2D eigenvalue weighted by Crippen LogP contribution is 2.41. The maximum absolute atomic E-state index is 12.8. The molecule has 0 aliphatic heterocycles. The lowest BCUT2D eigenvalue weighted by molar-refractivity contribution is 0.595. The smallest absolute Gasteiger partial charge is 0.188 e. The van der Waals surface area contributed by atoms with Crippen LogP contribution in [0.3, 0.4) is 0 Å². The maximum atomic E-state index is 12.8. The van der Waals surface area contributed by atoms with Gasteiger partial charge in [0.05, 0.1) is 5.75 Å². The first kappa shape index (κ1) is 16.4. The second-order valence-electron chi connectivity index (χ2n) is 5.30. The molecule has 0 N–H and O–H groups in total. The molecular formula is C17H16ClNO2S2. The predicted octanol–water partition coefficient (Wildman–Crippen LogP) is 5.19. The molecule has 120 valence electrons. The lowest BCUT2D eigenvalue weighted by atomic mass is 10.1. The van der Waals surface area contributed by atoms with Crippen LogP contribution in [0.2, 0.25) is 5.02 Å². The molecule has 2 aromatic heterocycles. The third kappa shape index (κ3) is 3.27. The molecule has 0 atom stereocenters. The second-order valence-corrected chi connectivity index (χ2v) is 9.04. The maximum Gasteiger partial charge on any atom is 0.188 e. The first-order valence-electron chi connectivity index (χ1n) is 7.39. The van der Waals surface area contributed by atoms with Gasteiger partial charge in [0.1, 0.15) is 9.04 Å². The number of rotatable bonds is 5. The molecule has 0 saturated carbocycles. The van der Waals surface area contributed by atoms with E-state index in [9.17, 15) is 8.42 Å². The predicted molar refractivity (Wildman–Crippen MR) is 97.0 cm³/mol. The van der Waals surface area contributed by atoms with Crippen molar-refractivity contribution in [2.75, 3.05) is 5.75 Å². The minimum atomic E-state index is -3.33. The SMILES string of the molecule is CCCCS(=O)(=O)c1sc2ncccc2c1-c1ccc(Cl)cc1. The minimum absolute atomic E-state index is 0.164. The lowest BCUT2D eigenvalue weighted by Gasteiger charge is -2.06. The van der Waals surface area contributed by atoms with Crippen molar-refractivity contribution in [2.24, 2.45) is 0 Å². The first-order valence-corrected chi connectivity index (χ1v) is 10.2. The summed E-state index contributed by atoms with van der Waals surface area (Å²) in [6.45, 7) is 1.99. The zero-order chi connectivity index (χ0) is 16.4. The molecule has 0 radical (unpaired) electrons. The van der Waals surface area contributed by atoms with Crippen molar-refractivity contribution in [2.45, 2.75) is 24.0 Å². The number of pyridine rings is 1. The number of hydrogen-bond acceptors (Lipinski definition) is 4. The van der Waals surface area contributed by atoms with E-state index >= 15 is 0 Å². The van der Waals surface area contributed by atoms with E-state index in [0.717, 1.165) is 27.8 Å². The van der Waals surface area contributed by atoms with E-state index in [-0.39, 0.29) is 5.75 Å². The van der Waals surface area contributed by atoms with Crippen LogP contribution in [0, 0.1) is 0 Å². The highest BCUT2D eigenvalue weighted by molar-refractivity contribution is 7.93. The van der Waals surface area contributed by atoms with Gasteiger partial charge < -0.3 is 0 Å². The third-order valence-corrected chi connectivity index (χ3v) is 7.38. The van der Waals surface area contributed by atoms with E-state index in [1.165, 1.54) is 11.3 Å². The summed E-state index contributed by atoms with van der Waals surface area (Å²) in [6, 6.07) is 11.0. The molecule has 0 fully saturated rings. The van der Waals surface area contributed by atoms with Crippen LogP contribution >= 0.6 is 22.9 Å². The van der Waals surface area contributed by atoms with Crippen LogP contribution in [-0.2, 0) is 9.84 Å². The van der Waals surface area contributed by atoms with Gasteiger partial charge in [0.25, 0.3) is 0 Å². The first-order chi connectivity index (χ1) is 11.0. The van der Waals surface area contributed by atoms with Crippen molar-refractivity contribution in [3.05, 3.63) is 47.6 Å². The van der Waals surface area contributed by atoms with E-state index < -0.39 is 9.84 Å². The van der Waals surface area contributed by atoms with Crippen LogP contribution in [0.25, 0.3) is 21.3 Å². The number of halogens is 1. The monoisotopic (exact) mass is 365 g/mol. The van der Waals surface area contributed by atoms with E-state index in [2.05, 4.69) is 4.98 Å². The Bertz CT molecular complexity index is 931. The van der Waals surface area contributed by atoms with Gasteiger partial charge in [-0.25, -0.2) is 13.4 Å². The van der Waals surface area contributed by atoms with E-state index in [0.29, 0.717) is 15.7 Å². The van der Waals surface area contributed by atoms with Crippen molar-refractivity contribution in [1.82, 2.24) is 4.98 Å². The number of fused-ring (bicyclic) bond motifs is 1. The fourth-order valence-corrected chi connectivity index (χ4v) is 5.86. The average Bonchev–Trinajstić information content (AvgIpc) is 2.94. The Morgan fingerprint density at radius 2 is 1.91 bits per heavy atom. The molecule has 0 aliphatic carbocycles. The highest BCUT2D eigenvalue weighted by Gasteiger charge is 2.25. The normalized spacial score (nSPS) is 11.9. The van der Waals surface area contributed by atoms with Gasteiger partial charge in [0.15, 0.2) is 9.84 Å². The van der Waals surface area contributed by atoms with E-state index in [4.69, 9.17) is 11.6 Å². The Balaban J connectivity index is 2.25. The topological polar surface area (TPSA) is 47.0 Å². The molecule has 0 amide bonds. The summed E-state index contributed by atoms with van der Waals surface area (Å²) in [7, 11) is -3.33. The van der Waals surface area contributed by atoms with Crippen LogP contribution in [0.15, 0.2) is 46.8 Å². The summed E-state index contributed by atoms with van der Waals surface area (Å²) < 4.78 is 26.0. The number of thiophene rings is 1. The quantitative estimate of drug-likeness (QED) is 0.625. The number of unbranched alkanes of at least 4 members (excludes halogenated alkanes) is 1. The number of sulfone groups is 1. The fourth-order valence-electron chi connectivity index (χ4n) is 2.45. The largest absolute Gasteiger partial charge is 0.245 e. The van der Waals surface area contributed by atoms with Crippen LogP contribution in [0.5, 0.6) is 0 Å². The summed E-state index contributed by atoms with van der Waals surface area (Å²) in [5.41, 5.74) is 1.59. The lowest BCUT2D eigenvalue weighted by Crippen LogP contribution is -2.05. The molecule has 0 unspecified atom stereocenters. The second kappa shape index (κ2) is 6.59. The number of hydrogen-bond donors (Lipinski definition) is 0. The molecule has 3 rings (SSSR count). The minimum Gasteiger partial charge on any atom is -0.245 e. The Hall–Kier alpha value is -1.43. The van der Waals surface area contributed by atoms with Gasteiger partial charge in [-0.2, -0.15) is 0 Å². The summed E-state index contributed by atoms with van der Waals surface area (Å²) in [5.74, 6) is 0.164. The molecule has 3 aromatic rings. The number of nitrogens with zero attached hydrogens (tertiary/aromatic N) is 1. The summed E-state index contributed by atoms with van der Waals surface area (Å²) >= 11 is 7.21. The van der Waals surface area contributed by atoms with Gasteiger partial charge >= 0.3 is 0 Å². The molecule has 0 spiro atoms. The molecular weight excluding hydrogens is 350 g/mol. The molecule has 23 heavy (non-hydrogen) atoms.